The summed E-state index contributed by atoms with van der Waals surface area (Å²) in [6, 6.07) is 25.5. The standard InChI is InChI=1S/C30H31N5O2/c1-19-25(27(31)36)26(21-12-16-24(17-13-21)37-18-20-8-6-5-7-9-20)35-29(32-19)33-28(34-35)22-10-14-23(15-11-22)30(2,3)4/h5-17,26H,18H2,1-4H3,(H2,31,36)(H,32,33,34). The zero-order chi connectivity index (χ0) is 26.2. The van der Waals surface area contributed by atoms with Gasteiger partial charge in [-0.3, -0.25) is 4.79 Å². The highest BCUT2D eigenvalue weighted by atomic mass is 16.5. The number of allylic oxidation sites excluding steroid dienone is 1. The van der Waals surface area contributed by atoms with Crippen LogP contribution in [0.4, 0.5) is 5.95 Å². The molecule has 0 bridgehead atoms. The molecule has 0 saturated heterocycles. The third-order valence-corrected chi connectivity index (χ3v) is 6.57. The first-order valence-corrected chi connectivity index (χ1v) is 12.3. The molecule has 3 aromatic carbocycles. The normalized spacial score (nSPS) is 15.2. The van der Waals surface area contributed by atoms with E-state index in [1.165, 1.54) is 5.56 Å². The van der Waals surface area contributed by atoms with Crippen LogP contribution in [0.15, 0.2) is 90.1 Å². The molecule has 3 N–H and O–H groups in total. The Morgan fingerprint density at radius 3 is 2.30 bits per heavy atom. The number of primary amides is 1. The maximum absolute atomic E-state index is 12.5. The van der Waals surface area contributed by atoms with Gasteiger partial charge >= 0.3 is 0 Å². The number of carbonyl (C=O) groups excluding carboxylic acids is 1. The fourth-order valence-electron chi connectivity index (χ4n) is 4.51. The van der Waals surface area contributed by atoms with E-state index in [9.17, 15) is 4.79 Å². The first-order chi connectivity index (χ1) is 17.7. The summed E-state index contributed by atoms with van der Waals surface area (Å²) in [7, 11) is 0. The van der Waals surface area contributed by atoms with Crippen molar-refractivity contribution in [3.05, 3.63) is 107 Å². The smallest absolute Gasteiger partial charge is 0.248 e. The number of rotatable bonds is 6. The van der Waals surface area contributed by atoms with Crippen LogP contribution in [-0.2, 0) is 16.8 Å². The second kappa shape index (κ2) is 9.58. The molecule has 0 saturated carbocycles. The van der Waals surface area contributed by atoms with Crippen molar-refractivity contribution in [1.29, 1.82) is 0 Å². The van der Waals surface area contributed by atoms with E-state index in [1.54, 1.807) is 4.68 Å². The van der Waals surface area contributed by atoms with Crippen LogP contribution in [0.2, 0.25) is 0 Å². The summed E-state index contributed by atoms with van der Waals surface area (Å²) in [5.41, 5.74) is 11.1. The zero-order valence-electron chi connectivity index (χ0n) is 21.5. The largest absolute Gasteiger partial charge is 0.489 e. The maximum atomic E-state index is 12.5. The molecule has 37 heavy (non-hydrogen) atoms. The second-order valence-electron chi connectivity index (χ2n) is 10.3. The van der Waals surface area contributed by atoms with Crippen LogP contribution >= 0.6 is 0 Å². The highest BCUT2D eigenvalue weighted by Gasteiger charge is 2.33. The van der Waals surface area contributed by atoms with Gasteiger partial charge in [-0.15, -0.1) is 5.10 Å². The molecule has 1 aliphatic heterocycles. The molecule has 0 fully saturated rings. The van der Waals surface area contributed by atoms with Crippen LogP contribution in [0.1, 0.15) is 50.4 Å². The van der Waals surface area contributed by atoms with Gasteiger partial charge in [0.25, 0.3) is 0 Å². The molecule has 2 heterocycles. The summed E-state index contributed by atoms with van der Waals surface area (Å²) in [5, 5.41) is 8.02. The first kappa shape index (κ1) is 24.3. The van der Waals surface area contributed by atoms with Crippen molar-refractivity contribution < 1.29 is 9.53 Å². The lowest BCUT2D eigenvalue weighted by Gasteiger charge is -2.27. The lowest BCUT2D eigenvalue weighted by atomic mass is 9.87. The third kappa shape index (κ3) is 4.98. The first-order valence-electron chi connectivity index (χ1n) is 12.3. The molecule has 1 aromatic heterocycles. The van der Waals surface area contributed by atoms with Gasteiger partial charge in [-0.2, -0.15) is 4.98 Å². The van der Waals surface area contributed by atoms with Crippen LogP contribution < -0.4 is 15.8 Å². The number of amides is 1. The predicted octanol–water partition coefficient (Wildman–Crippen LogP) is 5.60. The van der Waals surface area contributed by atoms with Crippen molar-refractivity contribution in [3.8, 4) is 17.1 Å². The van der Waals surface area contributed by atoms with Crippen LogP contribution in [-0.4, -0.2) is 20.7 Å². The Morgan fingerprint density at radius 2 is 1.68 bits per heavy atom. The fourth-order valence-corrected chi connectivity index (χ4v) is 4.51. The topological polar surface area (TPSA) is 95.1 Å². The number of nitrogens with one attached hydrogen (secondary N) is 1. The highest BCUT2D eigenvalue weighted by Crippen LogP contribution is 2.37. The molecule has 188 valence electrons. The fraction of sp³-hybridized carbons (Fsp3) is 0.233. The van der Waals surface area contributed by atoms with E-state index in [0.717, 1.165) is 22.4 Å². The lowest BCUT2D eigenvalue weighted by molar-refractivity contribution is -0.115. The Kier molecular flexibility index (Phi) is 6.29. The quantitative estimate of drug-likeness (QED) is 0.365. The van der Waals surface area contributed by atoms with Crippen LogP contribution in [0.25, 0.3) is 11.4 Å². The van der Waals surface area contributed by atoms with Crippen molar-refractivity contribution in [2.24, 2.45) is 5.73 Å². The Hall–Kier alpha value is -4.39. The molecule has 4 aromatic rings. The Bertz CT molecular complexity index is 1450. The van der Waals surface area contributed by atoms with E-state index in [1.807, 2.05) is 73.7 Å². The molecule has 1 aliphatic rings. The summed E-state index contributed by atoms with van der Waals surface area (Å²) in [6.07, 6.45) is 0. The maximum Gasteiger partial charge on any atom is 0.248 e. The van der Waals surface area contributed by atoms with Gasteiger partial charge in [0.2, 0.25) is 11.9 Å². The number of ether oxygens (including phenoxy) is 1. The zero-order valence-corrected chi connectivity index (χ0v) is 21.5. The van der Waals surface area contributed by atoms with E-state index in [0.29, 0.717) is 29.6 Å². The number of nitrogens with zero attached hydrogens (tertiary/aromatic N) is 3. The van der Waals surface area contributed by atoms with E-state index in [4.69, 9.17) is 20.6 Å². The van der Waals surface area contributed by atoms with E-state index in [2.05, 4.69) is 38.2 Å². The lowest BCUT2D eigenvalue weighted by Crippen LogP contribution is -2.31. The molecule has 0 spiro atoms. The van der Waals surface area contributed by atoms with Crippen molar-refractivity contribution in [1.82, 2.24) is 14.8 Å². The average molecular weight is 494 g/mol. The number of nitrogens with two attached hydrogens (primary N) is 1. The molecule has 7 heteroatoms. The molecule has 1 amide bonds. The molecule has 1 atom stereocenters. The number of fused-ring (bicyclic) bond motifs is 1. The number of carbonyl (C=O) groups is 1. The van der Waals surface area contributed by atoms with E-state index < -0.39 is 11.9 Å². The Labute approximate surface area is 217 Å². The number of hydrogen-bond acceptors (Lipinski definition) is 5. The van der Waals surface area contributed by atoms with Crippen LogP contribution in [0, 0.1) is 0 Å². The summed E-state index contributed by atoms with van der Waals surface area (Å²) in [5.74, 6) is 1.37. The summed E-state index contributed by atoms with van der Waals surface area (Å²) >= 11 is 0. The number of anilines is 1. The SMILES string of the molecule is CC1=C(C(N)=O)C(c2ccc(OCc3ccccc3)cc2)n2nc(-c3ccc(C(C)(C)C)cc3)nc2N1. The van der Waals surface area contributed by atoms with Crippen molar-refractivity contribution in [3.63, 3.8) is 0 Å². The molecule has 7 nitrogen and oxygen atoms in total. The Balaban J connectivity index is 1.46. The monoisotopic (exact) mass is 493 g/mol. The second-order valence-corrected chi connectivity index (χ2v) is 10.3. The third-order valence-electron chi connectivity index (χ3n) is 6.57. The number of hydrogen-bond donors (Lipinski definition) is 2. The van der Waals surface area contributed by atoms with Gasteiger partial charge in [0.1, 0.15) is 18.4 Å². The highest BCUT2D eigenvalue weighted by molar-refractivity contribution is 5.95. The van der Waals surface area contributed by atoms with Crippen LogP contribution in [0.3, 0.4) is 0 Å². The van der Waals surface area contributed by atoms with Crippen molar-refractivity contribution >= 4 is 11.9 Å². The average Bonchev–Trinajstić information content (AvgIpc) is 3.30. The molecule has 0 radical (unpaired) electrons. The molecular formula is C30H31N5O2. The van der Waals surface area contributed by atoms with Gasteiger partial charge in [0.05, 0.1) is 5.57 Å². The minimum absolute atomic E-state index is 0.0560. The van der Waals surface area contributed by atoms with Crippen molar-refractivity contribution in [2.75, 3.05) is 5.32 Å². The predicted molar refractivity (Wildman–Crippen MR) is 145 cm³/mol. The number of aromatic nitrogens is 3. The van der Waals surface area contributed by atoms with Gasteiger partial charge < -0.3 is 15.8 Å². The molecular weight excluding hydrogens is 462 g/mol. The van der Waals surface area contributed by atoms with E-state index >= 15 is 0 Å². The van der Waals surface area contributed by atoms with E-state index in [-0.39, 0.29) is 5.41 Å². The van der Waals surface area contributed by atoms with Gasteiger partial charge in [-0.1, -0.05) is 87.5 Å². The minimum atomic E-state index is -0.507. The molecule has 0 aliphatic carbocycles. The molecule has 5 rings (SSSR count). The summed E-state index contributed by atoms with van der Waals surface area (Å²) in [6.45, 7) is 8.86. The molecule has 1 unspecified atom stereocenters. The van der Waals surface area contributed by atoms with Gasteiger partial charge in [0, 0.05) is 11.3 Å². The van der Waals surface area contributed by atoms with Gasteiger partial charge in [0.15, 0.2) is 5.82 Å². The summed E-state index contributed by atoms with van der Waals surface area (Å²) in [4.78, 5) is 17.3. The van der Waals surface area contributed by atoms with Crippen LogP contribution in [0.5, 0.6) is 5.75 Å². The summed E-state index contributed by atoms with van der Waals surface area (Å²) < 4.78 is 7.68. The minimum Gasteiger partial charge on any atom is -0.489 e. The number of benzene rings is 3. The van der Waals surface area contributed by atoms with Gasteiger partial charge in [-0.05, 0) is 41.2 Å². The Morgan fingerprint density at radius 1 is 1.00 bits per heavy atom. The van der Waals surface area contributed by atoms with Gasteiger partial charge in [-0.25, -0.2) is 4.68 Å². The van der Waals surface area contributed by atoms with Crippen molar-refractivity contribution in [2.45, 2.75) is 45.8 Å².